The molecule has 3 aromatic carbocycles. The number of hydrazone groups is 1. The van der Waals surface area contributed by atoms with Crippen LogP contribution in [0.25, 0.3) is 10.2 Å². The van der Waals surface area contributed by atoms with Crippen molar-refractivity contribution in [2.24, 2.45) is 5.10 Å². The molecule has 0 saturated carbocycles. The molecule has 38 heavy (non-hydrogen) atoms. The zero-order valence-corrected chi connectivity index (χ0v) is 22.8. The lowest BCUT2D eigenvalue weighted by molar-refractivity contribution is 0.0987. The van der Waals surface area contributed by atoms with E-state index in [9.17, 15) is 17.6 Å². The number of nitrogens with zero attached hydrogens (tertiary/aromatic N) is 4. The molecular weight excluding hydrogens is 527 g/mol. The number of fused-ring (bicyclic) bond motifs is 1. The van der Waals surface area contributed by atoms with E-state index in [4.69, 9.17) is 4.74 Å². The number of hydrogen-bond acceptors (Lipinski definition) is 7. The zero-order chi connectivity index (χ0) is 27.3. The topological polar surface area (TPSA) is 92.2 Å². The largest absolute Gasteiger partial charge is 0.494 e. The molecule has 1 aromatic heterocycles. The number of halogens is 1. The molecule has 198 valence electrons. The van der Waals surface area contributed by atoms with Crippen molar-refractivity contribution in [3.8, 4) is 5.75 Å². The lowest BCUT2D eigenvalue weighted by atomic mass is 10.2. The number of amides is 1. The average Bonchev–Trinajstić information content (AvgIpc) is 3.33. The number of anilines is 1. The molecular formula is C27H27FN4O4S2. The maximum absolute atomic E-state index is 13.8. The van der Waals surface area contributed by atoms with Crippen LogP contribution in [-0.4, -0.2) is 49.5 Å². The smallest absolute Gasteiger partial charge is 0.280 e. The second kappa shape index (κ2) is 11.8. The third-order valence-corrected chi connectivity index (χ3v) is 8.73. The molecule has 0 aliphatic heterocycles. The Balaban J connectivity index is 1.69. The number of rotatable bonds is 10. The highest BCUT2D eigenvalue weighted by Crippen LogP contribution is 2.31. The fourth-order valence-corrected chi connectivity index (χ4v) is 6.12. The summed E-state index contributed by atoms with van der Waals surface area (Å²) in [5.74, 6) is -0.211. The maximum atomic E-state index is 13.8. The summed E-state index contributed by atoms with van der Waals surface area (Å²) in [7, 11) is -3.67. The Morgan fingerprint density at radius 1 is 1.03 bits per heavy atom. The lowest BCUT2D eigenvalue weighted by Gasteiger charge is -2.19. The van der Waals surface area contributed by atoms with E-state index in [2.05, 4.69) is 10.1 Å². The van der Waals surface area contributed by atoms with Crippen LogP contribution in [0.5, 0.6) is 5.75 Å². The second-order valence-electron chi connectivity index (χ2n) is 8.09. The summed E-state index contributed by atoms with van der Waals surface area (Å²) in [6.45, 7) is 6.65. The summed E-state index contributed by atoms with van der Waals surface area (Å²) in [4.78, 5) is 18.2. The first-order valence-corrected chi connectivity index (χ1v) is 14.3. The van der Waals surface area contributed by atoms with Crippen molar-refractivity contribution in [2.75, 3.05) is 24.7 Å². The molecule has 4 aromatic rings. The molecule has 0 radical (unpaired) electrons. The van der Waals surface area contributed by atoms with E-state index in [1.54, 1.807) is 38.1 Å². The quantitative estimate of drug-likeness (QED) is 0.189. The fraction of sp³-hybridized carbons (Fsp3) is 0.222. The molecule has 0 N–H and O–H groups in total. The zero-order valence-electron chi connectivity index (χ0n) is 21.2. The van der Waals surface area contributed by atoms with E-state index in [0.717, 1.165) is 21.9 Å². The van der Waals surface area contributed by atoms with Gasteiger partial charge >= 0.3 is 0 Å². The maximum Gasteiger partial charge on any atom is 0.280 e. The summed E-state index contributed by atoms with van der Waals surface area (Å²) in [6, 6.07) is 17.1. The van der Waals surface area contributed by atoms with Crippen molar-refractivity contribution < 1.29 is 22.3 Å². The Bertz CT molecular complexity index is 1550. The van der Waals surface area contributed by atoms with Crippen LogP contribution in [0.2, 0.25) is 0 Å². The predicted octanol–water partition coefficient (Wildman–Crippen LogP) is 5.55. The molecule has 8 nitrogen and oxygen atoms in total. The van der Waals surface area contributed by atoms with Crippen molar-refractivity contribution in [3.05, 3.63) is 83.7 Å². The number of benzene rings is 3. The monoisotopic (exact) mass is 554 g/mol. The van der Waals surface area contributed by atoms with Gasteiger partial charge in [-0.3, -0.25) is 4.79 Å². The van der Waals surface area contributed by atoms with Gasteiger partial charge in [-0.1, -0.05) is 25.2 Å². The van der Waals surface area contributed by atoms with Crippen LogP contribution in [0, 0.1) is 5.82 Å². The van der Waals surface area contributed by atoms with Gasteiger partial charge in [-0.05, 0) is 79.2 Å². The predicted molar refractivity (Wildman–Crippen MR) is 148 cm³/mol. The number of hydrogen-bond donors (Lipinski definition) is 0. The Morgan fingerprint density at radius 2 is 1.71 bits per heavy atom. The third kappa shape index (κ3) is 5.90. The number of thiazole rings is 1. The summed E-state index contributed by atoms with van der Waals surface area (Å²) < 4.78 is 46.8. The number of aromatic nitrogens is 1. The molecule has 0 aliphatic carbocycles. The van der Waals surface area contributed by atoms with E-state index in [0.29, 0.717) is 35.7 Å². The van der Waals surface area contributed by atoms with Gasteiger partial charge in [-0.15, -0.1) is 0 Å². The molecule has 0 atom stereocenters. The number of sulfonamides is 1. The SMILES string of the molecule is CCOc1ccc(/C=N/N(C(=O)c2ccc(S(=O)(=O)N(CC)CC)cc2)c2nc3ccc(F)cc3s2)cc1. The standard InChI is InChI=1S/C27H27FN4O4S2/c1-4-31(5-2)38(34,35)23-14-9-20(10-15-23)26(33)32(27-30-24-16-11-21(28)17-25(24)37-27)29-18-19-7-12-22(13-8-19)36-6-3/h7-18H,4-6H2,1-3H3/b29-18+. The summed E-state index contributed by atoms with van der Waals surface area (Å²) in [5.41, 5.74) is 1.47. The molecule has 1 amide bonds. The first-order chi connectivity index (χ1) is 18.3. The van der Waals surface area contributed by atoms with Gasteiger partial charge in [-0.25, -0.2) is 17.8 Å². The first-order valence-electron chi connectivity index (χ1n) is 12.0. The molecule has 1 heterocycles. The highest BCUT2D eigenvalue weighted by Gasteiger charge is 2.24. The lowest BCUT2D eigenvalue weighted by Crippen LogP contribution is -2.30. The van der Waals surface area contributed by atoms with E-state index in [1.165, 1.54) is 53.0 Å². The minimum atomic E-state index is -3.67. The van der Waals surface area contributed by atoms with Crippen LogP contribution in [0.3, 0.4) is 0 Å². The van der Waals surface area contributed by atoms with E-state index in [-0.39, 0.29) is 15.6 Å². The molecule has 0 fully saturated rings. The number of ether oxygens (including phenoxy) is 1. The van der Waals surface area contributed by atoms with Crippen molar-refractivity contribution in [3.63, 3.8) is 0 Å². The molecule has 4 rings (SSSR count). The van der Waals surface area contributed by atoms with Gasteiger partial charge in [0.1, 0.15) is 11.6 Å². The number of carbonyl (C=O) groups excluding carboxylic acids is 1. The van der Waals surface area contributed by atoms with Crippen molar-refractivity contribution in [2.45, 2.75) is 25.7 Å². The van der Waals surface area contributed by atoms with Crippen LogP contribution in [-0.2, 0) is 10.0 Å². The number of carbonyl (C=O) groups is 1. The normalized spacial score (nSPS) is 11.9. The molecule has 0 spiro atoms. The molecule has 0 aliphatic rings. The highest BCUT2D eigenvalue weighted by atomic mass is 32.2. The van der Waals surface area contributed by atoms with Gasteiger partial charge in [-0.2, -0.15) is 14.4 Å². The van der Waals surface area contributed by atoms with Gasteiger partial charge < -0.3 is 4.74 Å². The molecule has 0 unspecified atom stereocenters. The van der Waals surface area contributed by atoms with Crippen molar-refractivity contribution >= 4 is 48.8 Å². The van der Waals surface area contributed by atoms with E-state index < -0.39 is 21.7 Å². The first kappa shape index (κ1) is 27.4. The summed E-state index contributed by atoms with van der Waals surface area (Å²) >= 11 is 1.12. The Kier molecular flexibility index (Phi) is 8.50. The Morgan fingerprint density at radius 3 is 2.34 bits per heavy atom. The molecule has 0 saturated heterocycles. The van der Waals surface area contributed by atoms with Gasteiger partial charge in [0, 0.05) is 18.7 Å². The van der Waals surface area contributed by atoms with E-state index in [1.807, 2.05) is 6.92 Å². The molecule has 0 bridgehead atoms. The minimum absolute atomic E-state index is 0.0950. The van der Waals surface area contributed by atoms with Crippen LogP contribution >= 0.6 is 11.3 Å². The van der Waals surface area contributed by atoms with Crippen LogP contribution in [0.1, 0.15) is 36.7 Å². The highest BCUT2D eigenvalue weighted by molar-refractivity contribution is 7.89. The summed E-state index contributed by atoms with van der Waals surface area (Å²) in [5, 5.41) is 5.79. The molecule has 11 heteroatoms. The second-order valence-corrected chi connectivity index (χ2v) is 11.0. The van der Waals surface area contributed by atoms with E-state index >= 15 is 0 Å². The van der Waals surface area contributed by atoms with Crippen molar-refractivity contribution in [1.29, 1.82) is 0 Å². The Labute approximate surface area is 225 Å². The van der Waals surface area contributed by atoms with Gasteiger partial charge in [0.25, 0.3) is 5.91 Å². The third-order valence-electron chi connectivity index (χ3n) is 5.67. The average molecular weight is 555 g/mol. The van der Waals surface area contributed by atoms with Crippen molar-refractivity contribution in [1.82, 2.24) is 9.29 Å². The fourth-order valence-electron chi connectivity index (χ4n) is 3.71. The Hall–Kier alpha value is -3.67. The van der Waals surface area contributed by atoms with Gasteiger partial charge in [0.15, 0.2) is 0 Å². The van der Waals surface area contributed by atoms with Gasteiger partial charge in [0.2, 0.25) is 15.2 Å². The summed E-state index contributed by atoms with van der Waals surface area (Å²) in [6.07, 6.45) is 1.51. The van der Waals surface area contributed by atoms with Crippen LogP contribution in [0.15, 0.2) is 76.7 Å². The van der Waals surface area contributed by atoms with Gasteiger partial charge in [0.05, 0.1) is 27.9 Å². The van der Waals surface area contributed by atoms with Crippen LogP contribution < -0.4 is 9.75 Å². The van der Waals surface area contributed by atoms with Crippen LogP contribution in [0.4, 0.5) is 9.52 Å². The minimum Gasteiger partial charge on any atom is -0.494 e.